The van der Waals surface area contributed by atoms with Gasteiger partial charge in [0.25, 0.3) is 0 Å². The number of halogens is 2. The molecule has 8 nitrogen and oxygen atoms in total. The Labute approximate surface area is 326 Å². The van der Waals surface area contributed by atoms with Gasteiger partial charge >= 0.3 is 0 Å². The van der Waals surface area contributed by atoms with E-state index < -0.39 is 0 Å². The van der Waals surface area contributed by atoms with Crippen LogP contribution < -0.4 is 20.4 Å². The van der Waals surface area contributed by atoms with E-state index >= 15 is 0 Å². The number of hydrogen-bond acceptors (Lipinski definition) is 8. The predicted octanol–water partition coefficient (Wildman–Crippen LogP) is 10.3. The molecule has 0 bridgehead atoms. The number of para-hydroxylation sites is 1. The molecule has 9 rings (SSSR count). The predicted molar refractivity (Wildman–Crippen MR) is 224 cm³/mol. The summed E-state index contributed by atoms with van der Waals surface area (Å²) >= 11 is 12.5. The van der Waals surface area contributed by atoms with E-state index in [-0.39, 0.29) is 0 Å². The van der Waals surface area contributed by atoms with Crippen LogP contribution in [0.3, 0.4) is 0 Å². The van der Waals surface area contributed by atoms with Crippen molar-refractivity contribution in [2.45, 2.75) is 45.3 Å². The van der Waals surface area contributed by atoms with E-state index in [2.05, 4.69) is 62.9 Å². The highest BCUT2D eigenvalue weighted by Crippen LogP contribution is 2.32. The van der Waals surface area contributed by atoms with Crippen molar-refractivity contribution >= 4 is 68.5 Å². The lowest BCUT2D eigenvalue weighted by Crippen LogP contribution is -2.31. The number of rotatable bonds is 8. The van der Waals surface area contributed by atoms with Crippen LogP contribution in [0.4, 0.5) is 23.5 Å². The molecule has 1 saturated heterocycles. The van der Waals surface area contributed by atoms with Crippen molar-refractivity contribution in [3.63, 3.8) is 0 Å². The second-order valence-electron chi connectivity index (χ2n) is 13.7. The molecule has 0 atom stereocenters. The average Bonchev–Trinajstić information content (AvgIpc) is 3.23. The van der Waals surface area contributed by atoms with Crippen LogP contribution in [-0.4, -0.2) is 39.6 Å². The van der Waals surface area contributed by atoms with Crippen LogP contribution in [0.15, 0.2) is 121 Å². The molecule has 7 aromatic rings. The molecule has 10 heteroatoms. The minimum Gasteiger partial charge on any atom is -0.365 e. The quantitative estimate of drug-likeness (QED) is 0.159. The Bertz CT molecular complexity index is 2350. The first-order chi connectivity index (χ1) is 26.6. The topological polar surface area (TPSA) is 82.1 Å². The zero-order chi connectivity index (χ0) is 36.7. The highest BCUT2D eigenvalue weighted by Gasteiger charge is 2.20. The van der Waals surface area contributed by atoms with E-state index in [1.165, 1.54) is 36.0 Å². The molecule has 1 fully saturated rings. The fourth-order valence-corrected chi connectivity index (χ4v) is 7.45. The van der Waals surface area contributed by atoms with Crippen LogP contribution in [0.5, 0.6) is 0 Å². The standard InChI is InChI=1S/C24H21ClN4.C20H21ClN4/c25-20-11-9-17(10-12-20)15-26-23-21-7-3-4-8-22(21)27-24(28-23)29-14-13-18-5-1-2-6-19(18)16-29;21-16-10-7-11-17-18(16)19(22-14-15-8-3-1-4-9-15)24-20(23-17)25-12-5-2-6-13-25/h1-12H,13-16H2,(H,26,27,28);1,3-4,7-11H,2,5-6,12-14H2,(H,22,23,24). The van der Waals surface area contributed by atoms with Crippen molar-refractivity contribution in [3.8, 4) is 0 Å². The Balaban J connectivity index is 0.000000155. The maximum Gasteiger partial charge on any atom is 0.228 e. The van der Waals surface area contributed by atoms with Gasteiger partial charge < -0.3 is 20.4 Å². The van der Waals surface area contributed by atoms with Crippen molar-refractivity contribution < 1.29 is 0 Å². The first-order valence-electron chi connectivity index (χ1n) is 18.6. The summed E-state index contributed by atoms with van der Waals surface area (Å²) in [6.07, 6.45) is 4.70. The van der Waals surface area contributed by atoms with Crippen LogP contribution >= 0.6 is 23.2 Å². The van der Waals surface area contributed by atoms with E-state index in [4.69, 9.17) is 43.1 Å². The molecule has 0 unspecified atom stereocenters. The van der Waals surface area contributed by atoms with Gasteiger partial charge in [0.05, 0.1) is 21.4 Å². The largest absolute Gasteiger partial charge is 0.365 e. The van der Waals surface area contributed by atoms with Gasteiger partial charge in [-0.15, -0.1) is 0 Å². The number of piperidine rings is 1. The molecule has 2 aromatic heterocycles. The number of hydrogen-bond donors (Lipinski definition) is 2. The van der Waals surface area contributed by atoms with Crippen molar-refractivity contribution in [1.29, 1.82) is 0 Å². The molecule has 2 aliphatic heterocycles. The highest BCUT2D eigenvalue weighted by molar-refractivity contribution is 6.36. The first-order valence-corrected chi connectivity index (χ1v) is 19.4. The molecular formula is C44H42Cl2N8. The van der Waals surface area contributed by atoms with Gasteiger partial charge in [-0.2, -0.15) is 9.97 Å². The maximum absolute atomic E-state index is 6.45. The molecule has 2 aliphatic rings. The summed E-state index contributed by atoms with van der Waals surface area (Å²) in [5.41, 5.74) is 6.98. The Morgan fingerprint density at radius 1 is 0.519 bits per heavy atom. The fraction of sp³-hybridized carbons (Fsp3) is 0.227. The highest BCUT2D eigenvalue weighted by atomic mass is 35.5. The SMILES string of the molecule is Clc1ccc(CNc2nc(N3CCc4ccccc4C3)nc3ccccc23)cc1.Clc1cccc2nc(N3CCCCC3)nc(NCc3ccccc3)c12. The van der Waals surface area contributed by atoms with Gasteiger partial charge in [0, 0.05) is 49.7 Å². The number of nitrogens with one attached hydrogen (secondary N) is 2. The zero-order valence-electron chi connectivity index (χ0n) is 30.1. The molecule has 2 N–H and O–H groups in total. The summed E-state index contributed by atoms with van der Waals surface area (Å²) < 4.78 is 0. The molecule has 5 aromatic carbocycles. The summed E-state index contributed by atoms with van der Waals surface area (Å²) in [5.74, 6) is 3.24. The van der Waals surface area contributed by atoms with Crippen LogP contribution in [0, 0.1) is 0 Å². The minimum atomic E-state index is 0.679. The molecule has 0 spiro atoms. The van der Waals surface area contributed by atoms with Gasteiger partial charge in [0.15, 0.2) is 0 Å². The third-order valence-electron chi connectivity index (χ3n) is 9.98. The van der Waals surface area contributed by atoms with Crippen molar-refractivity contribution in [3.05, 3.63) is 154 Å². The van der Waals surface area contributed by atoms with E-state index in [1.54, 1.807) is 0 Å². The van der Waals surface area contributed by atoms with E-state index in [0.717, 1.165) is 88.5 Å². The Morgan fingerprint density at radius 2 is 1.15 bits per heavy atom. The van der Waals surface area contributed by atoms with Crippen LogP contribution in [0.25, 0.3) is 21.8 Å². The summed E-state index contributed by atoms with van der Waals surface area (Å²) in [4.78, 5) is 23.9. The molecule has 54 heavy (non-hydrogen) atoms. The third kappa shape index (κ3) is 8.35. The number of benzene rings is 5. The van der Waals surface area contributed by atoms with Gasteiger partial charge in [-0.05, 0) is 84.3 Å². The van der Waals surface area contributed by atoms with Crippen LogP contribution in [0.1, 0.15) is 41.5 Å². The zero-order valence-corrected chi connectivity index (χ0v) is 31.6. The minimum absolute atomic E-state index is 0.679. The number of anilines is 4. The Kier molecular flexibility index (Phi) is 11.0. The summed E-state index contributed by atoms with van der Waals surface area (Å²) in [5, 5.41) is 10.3. The van der Waals surface area contributed by atoms with E-state index in [0.29, 0.717) is 18.1 Å². The number of nitrogens with zero attached hydrogens (tertiary/aromatic N) is 6. The summed E-state index contributed by atoms with van der Waals surface area (Å²) in [6.45, 7) is 5.18. The fourth-order valence-electron chi connectivity index (χ4n) is 7.07. The molecule has 0 aliphatic carbocycles. The molecular weight excluding hydrogens is 711 g/mol. The molecule has 4 heterocycles. The second kappa shape index (κ2) is 16.7. The van der Waals surface area contributed by atoms with Crippen LogP contribution in [-0.2, 0) is 26.1 Å². The number of aromatic nitrogens is 4. The lowest BCUT2D eigenvalue weighted by Gasteiger charge is -2.29. The average molecular weight is 754 g/mol. The van der Waals surface area contributed by atoms with Gasteiger partial charge in [0.1, 0.15) is 11.6 Å². The first kappa shape index (κ1) is 35.6. The molecule has 0 amide bonds. The second-order valence-corrected chi connectivity index (χ2v) is 14.5. The van der Waals surface area contributed by atoms with E-state index in [1.807, 2.05) is 78.9 Å². The molecule has 0 radical (unpaired) electrons. The molecule has 0 saturated carbocycles. The normalized spacial score (nSPS) is 14.0. The maximum atomic E-state index is 6.45. The van der Waals surface area contributed by atoms with Gasteiger partial charge in [-0.3, -0.25) is 0 Å². The molecule has 272 valence electrons. The third-order valence-corrected chi connectivity index (χ3v) is 10.5. The van der Waals surface area contributed by atoms with E-state index in [9.17, 15) is 0 Å². The van der Waals surface area contributed by atoms with Gasteiger partial charge in [-0.1, -0.05) is 108 Å². The summed E-state index contributed by atoms with van der Waals surface area (Å²) in [7, 11) is 0. The Hall–Kier alpha value is -5.44. The number of fused-ring (bicyclic) bond motifs is 3. The Morgan fingerprint density at radius 3 is 1.96 bits per heavy atom. The smallest absolute Gasteiger partial charge is 0.228 e. The van der Waals surface area contributed by atoms with Crippen LogP contribution in [0.2, 0.25) is 10.0 Å². The van der Waals surface area contributed by atoms with Crippen molar-refractivity contribution in [2.75, 3.05) is 40.1 Å². The lowest BCUT2D eigenvalue weighted by molar-refractivity contribution is 0.569. The summed E-state index contributed by atoms with van der Waals surface area (Å²) in [6, 6.07) is 40.8. The monoisotopic (exact) mass is 752 g/mol. The lowest BCUT2D eigenvalue weighted by atomic mass is 10.0. The van der Waals surface area contributed by atoms with Crippen molar-refractivity contribution in [2.24, 2.45) is 0 Å². The van der Waals surface area contributed by atoms with Crippen molar-refractivity contribution in [1.82, 2.24) is 19.9 Å². The van der Waals surface area contributed by atoms with Gasteiger partial charge in [0.2, 0.25) is 11.9 Å². The van der Waals surface area contributed by atoms with Gasteiger partial charge in [-0.25, -0.2) is 9.97 Å².